The smallest absolute Gasteiger partial charge is 0.255 e. The Balaban J connectivity index is 1.60. The molecule has 1 aliphatic rings. The van der Waals surface area contributed by atoms with E-state index in [2.05, 4.69) is 20.5 Å². The topological polar surface area (TPSA) is 79.9 Å². The number of aromatic amines is 1. The summed E-state index contributed by atoms with van der Waals surface area (Å²) < 4.78 is 2.11. The highest BCUT2D eigenvalue weighted by Crippen LogP contribution is 2.20. The molecule has 0 atom stereocenters. The van der Waals surface area contributed by atoms with Gasteiger partial charge in [-0.05, 0) is 36.4 Å². The summed E-state index contributed by atoms with van der Waals surface area (Å²) in [6.45, 7) is 2.36. The molecule has 6 nitrogen and oxygen atoms in total. The second-order valence-corrected chi connectivity index (χ2v) is 6.53. The van der Waals surface area contributed by atoms with Crippen molar-refractivity contribution in [1.82, 2.24) is 19.4 Å². The highest BCUT2D eigenvalue weighted by Gasteiger charge is 2.22. The molecule has 3 N–H and O–H groups in total. The van der Waals surface area contributed by atoms with Gasteiger partial charge in [0.05, 0.1) is 11.3 Å². The molecule has 2 aromatic heterocycles. The quantitative estimate of drug-likeness (QED) is 0.717. The number of anilines is 1. The average molecular weight is 335 g/mol. The molecule has 0 aliphatic carbocycles. The second-order valence-electron chi connectivity index (χ2n) is 6.53. The minimum atomic E-state index is -0.0478. The molecule has 0 spiro atoms. The molecular weight excluding hydrogens is 314 g/mol. The van der Waals surface area contributed by atoms with Gasteiger partial charge in [0, 0.05) is 56.2 Å². The Bertz CT molecular complexity index is 955. The van der Waals surface area contributed by atoms with Crippen LogP contribution in [0.5, 0.6) is 0 Å². The van der Waals surface area contributed by atoms with Crippen LogP contribution in [0.25, 0.3) is 11.4 Å². The van der Waals surface area contributed by atoms with E-state index >= 15 is 0 Å². The summed E-state index contributed by atoms with van der Waals surface area (Å²) in [5.41, 5.74) is 10.2. The third-order valence-electron chi connectivity index (χ3n) is 4.77. The number of nitrogens with zero attached hydrogens (tertiary/aromatic N) is 3. The van der Waals surface area contributed by atoms with Crippen LogP contribution in [0.2, 0.25) is 0 Å². The number of hydrogen-bond acceptors (Lipinski definition) is 4. The lowest BCUT2D eigenvalue weighted by molar-refractivity contribution is 0.237. The van der Waals surface area contributed by atoms with Gasteiger partial charge < -0.3 is 15.3 Å². The summed E-state index contributed by atoms with van der Waals surface area (Å²) >= 11 is 0. The fraction of sp³-hybridized carbons (Fsp3) is 0.263. The van der Waals surface area contributed by atoms with Gasteiger partial charge in [-0.25, -0.2) is 4.98 Å². The van der Waals surface area contributed by atoms with Gasteiger partial charge in [0.25, 0.3) is 5.56 Å². The minimum absolute atomic E-state index is 0.0478. The molecule has 0 unspecified atom stereocenters. The molecule has 0 saturated carbocycles. The van der Waals surface area contributed by atoms with Crippen molar-refractivity contribution in [3.8, 4) is 11.4 Å². The lowest BCUT2D eigenvalue weighted by atomic mass is 10.1. The first-order valence-electron chi connectivity index (χ1n) is 8.41. The van der Waals surface area contributed by atoms with Crippen LogP contribution in [0.1, 0.15) is 17.0 Å². The van der Waals surface area contributed by atoms with E-state index in [4.69, 9.17) is 10.7 Å². The predicted molar refractivity (Wildman–Crippen MR) is 97.9 cm³/mol. The maximum absolute atomic E-state index is 12.6. The summed E-state index contributed by atoms with van der Waals surface area (Å²) in [5.74, 6) is 0.611. The zero-order chi connectivity index (χ0) is 17.4. The van der Waals surface area contributed by atoms with Gasteiger partial charge >= 0.3 is 0 Å². The highest BCUT2D eigenvalue weighted by molar-refractivity contribution is 5.58. The van der Waals surface area contributed by atoms with Crippen molar-refractivity contribution in [1.29, 1.82) is 0 Å². The summed E-state index contributed by atoms with van der Waals surface area (Å²) in [7, 11) is 2.04. The van der Waals surface area contributed by atoms with E-state index in [0.29, 0.717) is 18.1 Å². The summed E-state index contributed by atoms with van der Waals surface area (Å²) in [6.07, 6.45) is 2.83. The number of aromatic nitrogens is 3. The number of rotatable bonds is 3. The molecule has 6 heteroatoms. The van der Waals surface area contributed by atoms with Gasteiger partial charge in [0.1, 0.15) is 5.82 Å². The molecule has 4 rings (SSSR count). The van der Waals surface area contributed by atoms with Crippen molar-refractivity contribution < 1.29 is 0 Å². The lowest BCUT2D eigenvalue weighted by Crippen LogP contribution is -2.35. The molecule has 0 saturated heterocycles. The van der Waals surface area contributed by atoms with Crippen molar-refractivity contribution >= 4 is 5.69 Å². The molecule has 0 amide bonds. The van der Waals surface area contributed by atoms with E-state index in [9.17, 15) is 4.79 Å². The van der Waals surface area contributed by atoms with Crippen LogP contribution < -0.4 is 11.3 Å². The van der Waals surface area contributed by atoms with E-state index in [-0.39, 0.29) is 5.56 Å². The number of nitrogens with one attached hydrogen (secondary N) is 1. The number of fused-ring (bicyclic) bond motifs is 1. The molecule has 128 valence electrons. The van der Waals surface area contributed by atoms with Crippen LogP contribution in [0, 0.1) is 0 Å². The number of nitrogens with two attached hydrogens (primary N) is 1. The van der Waals surface area contributed by atoms with Crippen LogP contribution in [0.4, 0.5) is 5.69 Å². The monoisotopic (exact) mass is 335 g/mol. The Morgan fingerprint density at radius 3 is 2.76 bits per heavy atom. The minimum Gasteiger partial charge on any atom is -0.399 e. The second kappa shape index (κ2) is 6.22. The third-order valence-corrected chi connectivity index (χ3v) is 4.77. The van der Waals surface area contributed by atoms with Gasteiger partial charge in [-0.2, -0.15) is 0 Å². The van der Waals surface area contributed by atoms with E-state index < -0.39 is 0 Å². The molecule has 25 heavy (non-hydrogen) atoms. The number of benzene rings is 1. The first kappa shape index (κ1) is 15.7. The SMILES string of the molecule is Cn1cccc1CN1CCc2nc(-c3ccc(N)cc3)[nH]c(=O)c2C1. The van der Waals surface area contributed by atoms with Gasteiger partial charge in [-0.3, -0.25) is 9.69 Å². The normalized spacial score (nSPS) is 14.4. The van der Waals surface area contributed by atoms with Crippen molar-refractivity contribution in [3.63, 3.8) is 0 Å². The zero-order valence-corrected chi connectivity index (χ0v) is 14.2. The first-order chi connectivity index (χ1) is 12.1. The maximum atomic E-state index is 12.6. The zero-order valence-electron chi connectivity index (χ0n) is 14.2. The number of hydrogen-bond donors (Lipinski definition) is 2. The van der Waals surface area contributed by atoms with Crippen molar-refractivity contribution in [2.45, 2.75) is 19.5 Å². The van der Waals surface area contributed by atoms with E-state index in [1.165, 1.54) is 5.69 Å². The van der Waals surface area contributed by atoms with Crippen LogP contribution in [-0.4, -0.2) is 26.0 Å². The first-order valence-corrected chi connectivity index (χ1v) is 8.41. The van der Waals surface area contributed by atoms with Crippen LogP contribution >= 0.6 is 0 Å². The van der Waals surface area contributed by atoms with E-state index in [1.54, 1.807) is 0 Å². The van der Waals surface area contributed by atoms with Crippen molar-refractivity contribution in [2.24, 2.45) is 7.05 Å². The molecular formula is C19H21N5O. The number of nitrogen functional groups attached to an aromatic ring is 1. The number of aryl methyl sites for hydroxylation is 1. The molecule has 3 heterocycles. The molecule has 0 fully saturated rings. The average Bonchev–Trinajstić information content (AvgIpc) is 3.01. The van der Waals surface area contributed by atoms with Gasteiger partial charge in [-0.15, -0.1) is 0 Å². The maximum Gasteiger partial charge on any atom is 0.255 e. The summed E-state index contributed by atoms with van der Waals surface area (Å²) in [4.78, 5) is 22.5. The Labute approximate surface area is 145 Å². The number of H-pyrrole nitrogens is 1. The molecule has 0 radical (unpaired) electrons. The van der Waals surface area contributed by atoms with Crippen molar-refractivity contribution in [2.75, 3.05) is 12.3 Å². The van der Waals surface area contributed by atoms with Gasteiger partial charge in [0.15, 0.2) is 0 Å². The largest absolute Gasteiger partial charge is 0.399 e. The Morgan fingerprint density at radius 2 is 2.04 bits per heavy atom. The Hall–Kier alpha value is -2.86. The fourth-order valence-corrected chi connectivity index (χ4v) is 3.28. The summed E-state index contributed by atoms with van der Waals surface area (Å²) in [6, 6.07) is 11.5. The molecule has 1 aromatic carbocycles. The van der Waals surface area contributed by atoms with Gasteiger partial charge in [-0.1, -0.05) is 0 Å². The van der Waals surface area contributed by atoms with Crippen LogP contribution in [0.15, 0.2) is 47.4 Å². The Kier molecular flexibility index (Phi) is 3.89. The lowest BCUT2D eigenvalue weighted by Gasteiger charge is -2.27. The van der Waals surface area contributed by atoms with Crippen LogP contribution in [-0.2, 0) is 26.6 Å². The third kappa shape index (κ3) is 3.08. The van der Waals surface area contributed by atoms with Gasteiger partial charge in [0.2, 0.25) is 0 Å². The molecule has 0 bridgehead atoms. The summed E-state index contributed by atoms with van der Waals surface area (Å²) in [5, 5.41) is 0. The molecule has 3 aromatic rings. The predicted octanol–water partition coefficient (Wildman–Crippen LogP) is 1.92. The van der Waals surface area contributed by atoms with E-state index in [1.807, 2.05) is 43.6 Å². The molecule has 1 aliphatic heterocycles. The highest BCUT2D eigenvalue weighted by atomic mass is 16.1. The fourth-order valence-electron chi connectivity index (χ4n) is 3.28. The Morgan fingerprint density at radius 1 is 1.24 bits per heavy atom. The standard InChI is InChI=1S/C19H21N5O/c1-23-9-2-3-15(23)11-24-10-8-17-16(12-24)19(25)22-18(21-17)13-4-6-14(20)7-5-13/h2-7,9H,8,10-12,20H2,1H3,(H,21,22,25). The van der Waals surface area contributed by atoms with Crippen molar-refractivity contribution in [3.05, 3.63) is 69.9 Å². The van der Waals surface area contributed by atoms with E-state index in [0.717, 1.165) is 36.3 Å². The van der Waals surface area contributed by atoms with Crippen LogP contribution in [0.3, 0.4) is 0 Å².